The summed E-state index contributed by atoms with van der Waals surface area (Å²) in [5, 5.41) is 20.2. The molecule has 240 valence electrons. The van der Waals surface area contributed by atoms with Crippen molar-refractivity contribution in [3.63, 3.8) is 0 Å². The van der Waals surface area contributed by atoms with E-state index >= 15 is 0 Å². The van der Waals surface area contributed by atoms with Gasteiger partial charge in [0.25, 0.3) is 5.91 Å². The van der Waals surface area contributed by atoms with Crippen LogP contribution in [0.2, 0.25) is 0 Å². The summed E-state index contributed by atoms with van der Waals surface area (Å²) in [7, 11) is 3.25. The summed E-state index contributed by atoms with van der Waals surface area (Å²) in [5.41, 5.74) is 4.06. The van der Waals surface area contributed by atoms with E-state index in [4.69, 9.17) is 5.73 Å². The number of carbonyl (C=O) groups is 5. The van der Waals surface area contributed by atoms with Crippen LogP contribution in [0.4, 0.5) is 4.79 Å². The molecule has 6 atom stereocenters. The monoisotopic (exact) mass is 594 g/mol. The average molecular weight is 595 g/mol. The molecule has 12 nitrogen and oxygen atoms in total. The van der Waals surface area contributed by atoms with Gasteiger partial charge >= 0.3 is 6.03 Å². The molecule has 0 aromatic carbocycles. The first-order valence-corrected chi connectivity index (χ1v) is 15.0. The number of nitrogens with one attached hydrogen (secondary N) is 3. The fraction of sp³-hybridized carbons (Fsp3) is 0.833. The second-order valence-electron chi connectivity index (χ2n) is 14.8. The Kier molecular flexibility index (Phi) is 11.6. The van der Waals surface area contributed by atoms with E-state index in [1.54, 1.807) is 19.0 Å². The summed E-state index contributed by atoms with van der Waals surface area (Å²) >= 11 is 0. The molecule has 0 bridgehead atoms. The summed E-state index contributed by atoms with van der Waals surface area (Å²) in [6.07, 6.45) is 1.57. The molecule has 6 N–H and O–H groups in total. The van der Waals surface area contributed by atoms with Gasteiger partial charge in [-0.1, -0.05) is 68.2 Å². The smallest absolute Gasteiger partial charge is 0.315 e. The van der Waals surface area contributed by atoms with Crippen LogP contribution in [0.3, 0.4) is 0 Å². The maximum Gasteiger partial charge on any atom is 0.315 e. The Balaban J connectivity index is 2.33. The van der Waals surface area contributed by atoms with Gasteiger partial charge in [-0.25, -0.2) is 4.79 Å². The average Bonchev–Trinajstić information content (AvgIpc) is 3.55. The quantitative estimate of drug-likeness (QED) is 0.211. The Bertz CT molecular complexity index is 1010. The highest BCUT2D eigenvalue weighted by Crippen LogP contribution is 2.36. The molecular weight excluding hydrogens is 540 g/mol. The van der Waals surface area contributed by atoms with Crippen molar-refractivity contribution < 1.29 is 29.1 Å². The van der Waals surface area contributed by atoms with E-state index in [2.05, 4.69) is 16.0 Å². The van der Waals surface area contributed by atoms with Crippen molar-refractivity contribution in [3.8, 4) is 0 Å². The maximum absolute atomic E-state index is 13.8. The number of nitrogens with two attached hydrogens (primary N) is 1. The molecular formula is C30H54N6O6. The Labute approximate surface area is 250 Å². The minimum absolute atomic E-state index is 0.0839. The van der Waals surface area contributed by atoms with Gasteiger partial charge in [-0.15, -0.1) is 0 Å². The highest BCUT2D eigenvalue weighted by atomic mass is 16.3. The van der Waals surface area contributed by atoms with Crippen LogP contribution in [-0.2, 0) is 19.2 Å². The van der Waals surface area contributed by atoms with Crippen molar-refractivity contribution in [2.24, 2.45) is 34.3 Å². The Hall–Kier alpha value is -2.73. The van der Waals surface area contributed by atoms with Crippen LogP contribution in [0.5, 0.6) is 0 Å². The Morgan fingerprint density at radius 2 is 1.50 bits per heavy atom. The molecule has 2 fully saturated rings. The van der Waals surface area contributed by atoms with Crippen molar-refractivity contribution in [1.29, 1.82) is 0 Å². The zero-order valence-corrected chi connectivity index (χ0v) is 27.1. The van der Waals surface area contributed by atoms with Gasteiger partial charge in [0.15, 0.2) is 0 Å². The lowest BCUT2D eigenvalue weighted by Crippen LogP contribution is -2.64. The van der Waals surface area contributed by atoms with Crippen molar-refractivity contribution in [1.82, 2.24) is 25.8 Å². The molecule has 0 radical (unpaired) electrons. The van der Waals surface area contributed by atoms with Gasteiger partial charge in [0.05, 0.1) is 18.1 Å². The third kappa shape index (κ3) is 9.13. The van der Waals surface area contributed by atoms with Gasteiger partial charge < -0.3 is 31.7 Å². The lowest BCUT2D eigenvalue weighted by atomic mass is 9.84. The molecule has 1 aliphatic carbocycles. The van der Waals surface area contributed by atoms with E-state index in [1.807, 2.05) is 55.4 Å². The minimum atomic E-state index is -1.26. The van der Waals surface area contributed by atoms with Crippen LogP contribution in [-0.4, -0.2) is 95.5 Å². The fourth-order valence-corrected chi connectivity index (χ4v) is 5.68. The number of hydrogen-bond donors (Lipinski definition) is 5. The molecule has 42 heavy (non-hydrogen) atoms. The van der Waals surface area contributed by atoms with E-state index in [1.165, 1.54) is 4.90 Å². The number of ketones is 1. The van der Waals surface area contributed by atoms with Gasteiger partial charge in [0, 0.05) is 20.6 Å². The molecule has 0 spiro atoms. The molecule has 2 unspecified atom stereocenters. The summed E-state index contributed by atoms with van der Waals surface area (Å²) in [5.74, 6) is -2.42. The highest BCUT2D eigenvalue weighted by molar-refractivity contribution is 6.37. The number of aliphatic hydroxyl groups excluding tert-OH is 1. The van der Waals surface area contributed by atoms with E-state index in [0.717, 1.165) is 12.8 Å². The number of Topliss-reactive ketones (excluding diaryl/α,β-unsaturated/α-hetero) is 1. The van der Waals surface area contributed by atoms with Crippen molar-refractivity contribution in [3.05, 3.63) is 0 Å². The first-order valence-electron chi connectivity index (χ1n) is 15.0. The molecule has 0 aromatic heterocycles. The zero-order chi connectivity index (χ0) is 32.3. The standard InChI is InChI=1S/C30H54N6O6/c1-16(2)18-13-14-36(20(18)25(39)32-19(15-17-11-12-17)21(37)24(31)38)27(41)23(30(6,7)8)34-28(42)33-22(29(3,4)5)26(40)35(9)10/h16-20,22-23,27,41H,11-15H2,1-10H3,(H2,31,38)(H,32,39)(H2,33,34,42)/t18-,19?,20+,22-,23-,27?/m1/s1. The number of carbonyl (C=O) groups excluding carboxylic acids is 5. The molecule has 2 rings (SSSR count). The van der Waals surface area contributed by atoms with Gasteiger partial charge in [-0.05, 0) is 41.4 Å². The highest BCUT2D eigenvalue weighted by Gasteiger charge is 2.48. The molecule has 12 heteroatoms. The van der Waals surface area contributed by atoms with Gasteiger partial charge in [-0.2, -0.15) is 0 Å². The van der Waals surface area contributed by atoms with E-state index < -0.39 is 64.9 Å². The molecule has 0 aromatic rings. The Morgan fingerprint density at radius 1 is 0.929 bits per heavy atom. The number of likely N-dealkylation sites (N-methyl/N-ethyl adjacent to an activating group) is 1. The van der Waals surface area contributed by atoms with Crippen LogP contribution < -0.4 is 21.7 Å². The lowest BCUT2D eigenvalue weighted by Gasteiger charge is -2.42. The first-order chi connectivity index (χ1) is 19.2. The third-order valence-electron chi connectivity index (χ3n) is 8.44. The predicted molar refractivity (Wildman–Crippen MR) is 160 cm³/mol. The van der Waals surface area contributed by atoms with E-state index in [0.29, 0.717) is 19.4 Å². The van der Waals surface area contributed by atoms with Crippen LogP contribution >= 0.6 is 0 Å². The largest absolute Gasteiger partial charge is 0.376 e. The summed E-state index contributed by atoms with van der Waals surface area (Å²) in [6.45, 7) is 15.6. The number of primary amides is 1. The zero-order valence-electron chi connectivity index (χ0n) is 27.1. The van der Waals surface area contributed by atoms with Crippen LogP contribution in [0.1, 0.15) is 81.1 Å². The fourth-order valence-electron chi connectivity index (χ4n) is 5.68. The van der Waals surface area contributed by atoms with Crippen molar-refractivity contribution in [2.45, 2.75) is 111 Å². The second kappa shape index (κ2) is 13.7. The van der Waals surface area contributed by atoms with E-state index in [9.17, 15) is 29.1 Å². The normalized spacial score (nSPS) is 22.6. The molecule has 1 heterocycles. The van der Waals surface area contributed by atoms with Crippen LogP contribution in [0.15, 0.2) is 0 Å². The number of aliphatic hydroxyl groups is 1. The predicted octanol–water partition coefficient (Wildman–Crippen LogP) is 1.21. The molecule has 1 saturated carbocycles. The lowest BCUT2D eigenvalue weighted by molar-refractivity contribution is -0.141. The Morgan fingerprint density at radius 3 is 1.93 bits per heavy atom. The topological polar surface area (TPSA) is 174 Å². The first kappa shape index (κ1) is 35.5. The summed E-state index contributed by atoms with van der Waals surface area (Å²) < 4.78 is 0. The number of hydrogen-bond acceptors (Lipinski definition) is 7. The number of urea groups is 1. The maximum atomic E-state index is 13.8. The van der Waals surface area contributed by atoms with Crippen LogP contribution in [0.25, 0.3) is 0 Å². The molecule has 1 saturated heterocycles. The van der Waals surface area contributed by atoms with Gasteiger partial charge in [0.2, 0.25) is 17.6 Å². The third-order valence-corrected chi connectivity index (χ3v) is 8.44. The number of amides is 5. The second-order valence-corrected chi connectivity index (χ2v) is 14.8. The number of rotatable bonds is 12. The molecule has 2 aliphatic rings. The van der Waals surface area contributed by atoms with Gasteiger partial charge in [-0.3, -0.25) is 24.1 Å². The van der Waals surface area contributed by atoms with Gasteiger partial charge in [0.1, 0.15) is 12.3 Å². The molecule has 5 amide bonds. The van der Waals surface area contributed by atoms with E-state index in [-0.39, 0.29) is 23.7 Å². The summed E-state index contributed by atoms with van der Waals surface area (Å²) in [4.78, 5) is 67.3. The minimum Gasteiger partial charge on any atom is -0.376 e. The molecule has 1 aliphatic heterocycles. The van der Waals surface area contributed by atoms with Crippen molar-refractivity contribution >= 4 is 29.5 Å². The van der Waals surface area contributed by atoms with Crippen LogP contribution in [0, 0.1) is 28.6 Å². The van der Waals surface area contributed by atoms with Crippen molar-refractivity contribution in [2.75, 3.05) is 20.6 Å². The SMILES string of the molecule is CC(C)[C@H]1CCN(C(O)[C@@H](NC(=O)N[C@H](C(=O)N(C)C)C(C)(C)C)C(C)(C)C)[C@@H]1C(=O)NC(CC1CC1)C(=O)C(N)=O. The summed E-state index contributed by atoms with van der Waals surface area (Å²) in [6, 6.07) is -4.06. The number of likely N-dealkylation sites (tertiary alicyclic amines) is 1. The number of nitrogens with zero attached hydrogens (tertiary/aromatic N) is 2.